The van der Waals surface area contributed by atoms with Crippen molar-refractivity contribution in [3.05, 3.63) is 0 Å². The summed E-state index contributed by atoms with van der Waals surface area (Å²) in [5.41, 5.74) is 0. The maximum absolute atomic E-state index is 2.60. The fraction of sp³-hybridized carbons (Fsp3) is 1.00. The van der Waals surface area contributed by atoms with Crippen LogP contribution in [0.2, 0.25) is 0 Å². The van der Waals surface area contributed by atoms with Crippen LogP contribution < -0.4 is 0 Å². The van der Waals surface area contributed by atoms with Crippen molar-refractivity contribution in [2.45, 2.75) is 129 Å². The minimum atomic E-state index is 1.01. The molecule has 0 heterocycles. The predicted octanol–water partition coefficient (Wildman–Crippen LogP) is 9.52. The van der Waals surface area contributed by atoms with E-state index in [1.807, 2.05) is 0 Å². The Hall–Kier alpha value is 0. The Labute approximate surface area is 200 Å². The molecule has 0 aromatic heterocycles. The van der Waals surface area contributed by atoms with Gasteiger partial charge < -0.3 is 0 Å². The molecule has 0 heteroatoms. The van der Waals surface area contributed by atoms with E-state index < -0.39 is 0 Å². The van der Waals surface area contributed by atoms with Crippen LogP contribution in [-0.2, 0) is 0 Å². The van der Waals surface area contributed by atoms with Crippen molar-refractivity contribution in [2.75, 3.05) is 0 Å². The lowest BCUT2D eigenvalue weighted by molar-refractivity contribution is -0.128. The van der Waals surface area contributed by atoms with Crippen LogP contribution in [0.25, 0.3) is 0 Å². The molecule has 0 nitrogen and oxygen atoms in total. The SMILES string of the molecule is CC1CCC2C3CCC(C)CC3C3CC(C4CCCCC4)C(C4CCCCC4)CC3C2C1. The molecule has 6 aliphatic rings. The first-order valence-corrected chi connectivity index (χ1v) is 15.7. The lowest BCUT2D eigenvalue weighted by Crippen LogP contribution is -2.54. The van der Waals surface area contributed by atoms with Gasteiger partial charge in [0.1, 0.15) is 0 Å². The van der Waals surface area contributed by atoms with Gasteiger partial charge in [0.2, 0.25) is 0 Å². The highest BCUT2D eigenvalue weighted by molar-refractivity contribution is 5.05. The van der Waals surface area contributed by atoms with E-state index >= 15 is 0 Å². The van der Waals surface area contributed by atoms with Crippen LogP contribution in [0, 0.1) is 71.0 Å². The molecule has 0 saturated heterocycles. The van der Waals surface area contributed by atoms with Gasteiger partial charge in [-0.1, -0.05) is 90.9 Å². The molecule has 0 radical (unpaired) electrons. The third-order valence-corrected chi connectivity index (χ3v) is 12.8. The number of hydrogen-bond donors (Lipinski definition) is 0. The maximum atomic E-state index is 2.60. The third-order valence-electron chi connectivity index (χ3n) is 12.8. The summed E-state index contributed by atoms with van der Waals surface area (Å²) in [5.74, 6) is 13.2. The lowest BCUT2D eigenvalue weighted by Gasteiger charge is -2.62. The van der Waals surface area contributed by atoms with E-state index in [0.717, 1.165) is 71.0 Å². The third kappa shape index (κ3) is 4.15. The minimum absolute atomic E-state index is 1.01. The van der Waals surface area contributed by atoms with Gasteiger partial charge in [-0.15, -0.1) is 0 Å². The van der Waals surface area contributed by atoms with Crippen LogP contribution in [0.15, 0.2) is 0 Å². The zero-order chi connectivity index (χ0) is 21.7. The van der Waals surface area contributed by atoms with E-state index in [1.165, 1.54) is 12.8 Å². The second-order valence-electron chi connectivity index (χ2n) is 14.4. The molecule has 0 amide bonds. The van der Waals surface area contributed by atoms with E-state index in [1.54, 1.807) is 103 Å². The van der Waals surface area contributed by atoms with Crippen LogP contribution in [0.4, 0.5) is 0 Å². The molecule has 0 aromatic carbocycles. The molecular formula is C32H54. The fourth-order valence-corrected chi connectivity index (χ4v) is 11.5. The van der Waals surface area contributed by atoms with Crippen molar-refractivity contribution in [3.8, 4) is 0 Å². The van der Waals surface area contributed by atoms with Crippen LogP contribution in [-0.4, -0.2) is 0 Å². The van der Waals surface area contributed by atoms with E-state index in [-0.39, 0.29) is 0 Å². The summed E-state index contributed by atoms with van der Waals surface area (Å²) < 4.78 is 0. The molecule has 0 bridgehead atoms. The summed E-state index contributed by atoms with van der Waals surface area (Å²) in [6.07, 6.45) is 28.6. The van der Waals surface area contributed by atoms with E-state index in [0.29, 0.717) is 0 Å². The fourth-order valence-electron chi connectivity index (χ4n) is 11.5. The molecule has 0 aromatic rings. The van der Waals surface area contributed by atoms with Crippen molar-refractivity contribution in [2.24, 2.45) is 71.0 Å². The number of fused-ring (bicyclic) bond motifs is 6. The molecule has 6 aliphatic carbocycles. The second kappa shape index (κ2) is 9.57. The summed E-state index contributed by atoms with van der Waals surface area (Å²) in [5, 5.41) is 0. The van der Waals surface area contributed by atoms with Gasteiger partial charge in [-0.3, -0.25) is 0 Å². The molecule has 6 fully saturated rings. The molecule has 0 N–H and O–H groups in total. The van der Waals surface area contributed by atoms with E-state index in [4.69, 9.17) is 0 Å². The van der Waals surface area contributed by atoms with Crippen molar-refractivity contribution in [1.29, 1.82) is 0 Å². The first-order valence-electron chi connectivity index (χ1n) is 15.7. The monoisotopic (exact) mass is 438 g/mol. The lowest BCUT2D eigenvalue weighted by atomic mass is 9.43. The van der Waals surface area contributed by atoms with E-state index in [2.05, 4.69) is 13.8 Å². The quantitative estimate of drug-likeness (QED) is 0.402. The minimum Gasteiger partial charge on any atom is -0.0625 e. The van der Waals surface area contributed by atoms with Crippen LogP contribution in [0.3, 0.4) is 0 Å². The van der Waals surface area contributed by atoms with Crippen molar-refractivity contribution in [3.63, 3.8) is 0 Å². The Bertz CT molecular complexity index is 556. The predicted molar refractivity (Wildman–Crippen MR) is 136 cm³/mol. The maximum Gasteiger partial charge on any atom is -0.0349 e. The van der Waals surface area contributed by atoms with Crippen molar-refractivity contribution >= 4 is 0 Å². The van der Waals surface area contributed by atoms with Crippen LogP contribution in [0.1, 0.15) is 129 Å². The Morgan fingerprint density at radius 1 is 0.312 bits per heavy atom. The summed E-state index contributed by atoms with van der Waals surface area (Å²) in [4.78, 5) is 0. The molecular weight excluding hydrogens is 384 g/mol. The Morgan fingerprint density at radius 2 is 0.688 bits per heavy atom. The Kier molecular flexibility index (Phi) is 6.72. The van der Waals surface area contributed by atoms with Crippen molar-refractivity contribution < 1.29 is 0 Å². The average Bonchev–Trinajstić information content (AvgIpc) is 2.84. The van der Waals surface area contributed by atoms with Gasteiger partial charge >= 0.3 is 0 Å². The molecule has 10 atom stereocenters. The first-order chi connectivity index (χ1) is 15.7. The summed E-state index contributed by atoms with van der Waals surface area (Å²) >= 11 is 0. The van der Waals surface area contributed by atoms with Gasteiger partial charge in [-0.05, 0) is 110 Å². The number of rotatable bonds is 2. The highest BCUT2D eigenvalue weighted by Gasteiger charge is 2.56. The zero-order valence-corrected chi connectivity index (χ0v) is 21.7. The molecule has 10 unspecified atom stereocenters. The highest BCUT2D eigenvalue weighted by atomic mass is 14.6. The van der Waals surface area contributed by atoms with Gasteiger partial charge in [0.25, 0.3) is 0 Å². The van der Waals surface area contributed by atoms with Gasteiger partial charge in [0, 0.05) is 0 Å². The summed E-state index contributed by atoms with van der Waals surface area (Å²) in [6, 6.07) is 0. The Balaban J connectivity index is 1.32. The van der Waals surface area contributed by atoms with E-state index in [9.17, 15) is 0 Å². The van der Waals surface area contributed by atoms with Crippen LogP contribution in [0.5, 0.6) is 0 Å². The largest absolute Gasteiger partial charge is 0.0625 e. The van der Waals surface area contributed by atoms with Gasteiger partial charge in [0.15, 0.2) is 0 Å². The standard InChI is InChI=1S/C32H54/c1-21-13-15-25-26-16-14-22(2)18-30(26)32-20-28(24-11-7-4-8-12-24)27(19-31(32)29(25)17-21)23-9-5-3-6-10-23/h21-32H,3-20H2,1-2H3. The summed E-state index contributed by atoms with van der Waals surface area (Å²) in [6.45, 7) is 5.21. The molecule has 0 spiro atoms. The topological polar surface area (TPSA) is 0 Å². The molecule has 0 aliphatic heterocycles. The molecule has 32 heavy (non-hydrogen) atoms. The molecule has 6 saturated carbocycles. The smallest absolute Gasteiger partial charge is 0.0349 e. The number of hydrogen-bond acceptors (Lipinski definition) is 0. The molecule has 6 rings (SSSR count). The second-order valence-corrected chi connectivity index (χ2v) is 14.4. The molecule has 182 valence electrons. The normalized spacial score (nSPS) is 50.8. The van der Waals surface area contributed by atoms with Crippen LogP contribution >= 0.6 is 0 Å². The van der Waals surface area contributed by atoms with Gasteiger partial charge in [0.05, 0.1) is 0 Å². The first kappa shape index (κ1) is 22.5. The van der Waals surface area contributed by atoms with Gasteiger partial charge in [-0.25, -0.2) is 0 Å². The average molecular weight is 439 g/mol. The Morgan fingerprint density at radius 3 is 1.09 bits per heavy atom. The highest BCUT2D eigenvalue weighted by Crippen LogP contribution is 2.64. The zero-order valence-electron chi connectivity index (χ0n) is 21.7. The summed E-state index contributed by atoms with van der Waals surface area (Å²) in [7, 11) is 0. The van der Waals surface area contributed by atoms with Crippen molar-refractivity contribution in [1.82, 2.24) is 0 Å². The van der Waals surface area contributed by atoms with Gasteiger partial charge in [-0.2, -0.15) is 0 Å².